The lowest BCUT2D eigenvalue weighted by molar-refractivity contribution is -0.136. The maximum Gasteiger partial charge on any atom is 0.317 e. The number of aliphatic hydroxyl groups is 1. The van der Waals surface area contributed by atoms with Crippen LogP contribution in [0.4, 0.5) is 4.79 Å². The number of aliphatic hydroxyl groups excluding tert-OH is 1. The number of carbonyl (C=O) groups is 2. The Kier molecular flexibility index (Phi) is 6.47. The molecular weight excluding hydrogens is 188 g/mol. The van der Waals surface area contributed by atoms with Crippen LogP contribution in [-0.2, 0) is 4.79 Å². The monoisotopic (exact) mass is 204 g/mol. The molecule has 6 heteroatoms. The summed E-state index contributed by atoms with van der Waals surface area (Å²) in [7, 11) is 0. The zero-order valence-electron chi connectivity index (χ0n) is 8.19. The summed E-state index contributed by atoms with van der Waals surface area (Å²) in [5.41, 5.74) is 0. The topological polar surface area (TPSA) is 89.9 Å². The second-order valence-electron chi connectivity index (χ2n) is 2.68. The fraction of sp³-hybridized carbons (Fsp3) is 0.750. The van der Waals surface area contributed by atoms with Crippen LogP contribution in [0.3, 0.4) is 0 Å². The molecule has 0 rings (SSSR count). The van der Waals surface area contributed by atoms with Crippen LogP contribution in [0, 0.1) is 0 Å². The number of rotatable bonds is 6. The minimum absolute atomic E-state index is 0.0948. The fourth-order valence-electron chi connectivity index (χ4n) is 0.912. The van der Waals surface area contributed by atoms with E-state index in [4.69, 9.17) is 10.2 Å². The van der Waals surface area contributed by atoms with Gasteiger partial charge in [-0.25, -0.2) is 4.79 Å². The maximum absolute atomic E-state index is 11.3. The minimum Gasteiger partial charge on any atom is -0.481 e. The highest BCUT2D eigenvalue weighted by molar-refractivity contribution is 5.75. The summed E-state index contributed by atoms with van der Waals surface area (Å²) < 4.78 is 0. The molecule has 0 saturated carbocycles. The normalized spacial score (nSPS) is 9.57. The number of hydrogen-bond acceptors (Lipinski definition) is 3. The van der Waals surface area contributed by atoms with Crippen molar-refractivity contribution in [2.24, 2.45) is 0 Å². The Labute approximate surface area is 82.5 Å². The van der Waals surface area contributed by atoms with Gasteiger partial charge in [0.25, 0.3) is 0 Å². The number of nitrogens with zero attached hydrogens (tertiary/aromatic N) is 1. The Morgan fingerprint density at radius 3 is 2.50 bits per heavy atom. The number of carboxylic acid groups (broad SMARTS) is 1. The highest BCUT2D eigenvalue weighted by atomic mass is 16.4. The van der Waals surface area contributed by atoms with Gasteiger partial charge in [0.1, 0.15) is 0 Å². The zero-order chi connectivity index (χ0) is 11.0. The van der Waals surface area contributed by atoms with Crippen LogP contribution in [-0.4, -0.2) is 53.4 Å². The van der Waals surface area contributed by atoms with E-state index in [2.05, 4.69) is 5.32 Å². The number of aliphatic carboxylic acids is 1. The standard InChI is InChI=1S/C8H16N2O4/c1-2-10(5-6-11)8(14)9-4-3-7(12)13/h11H,2-6H2,1H3,(H,9,14)(H,12,13). The maximum atomic E-state index is 11.3. The number of carboxylic acids is 1. The van der Waals surface area contributed by atoms with Crippen molar-refractivity contribution >= 4 is 12.0 Å². The molecule has 0 bridgehead atoms. The Balaban J connectivity index is 3.74. The van der Waals surface area contributed by atoms with E-state index >= 15 is 0 Å². The number of hydrogen-bond donors (Lipinski definition) is 3. The lowest BCUT2D eigenvalue weighted by atomic mass is 10.4. The van der Waals surface area contributed by atoms with Crippen LogP contribution in [0.25, 0.3) is 0 Å². The first kappa shape index (κ1) is 12.7. The summed E-state index contributed by atoms with van der Waals surface area (Å²) >= 11 is 0. The molecule has 0 saturated heterocycles. The highest BCUT2D eigenvalue weighted by Gasteiger charge is 2.09. The van der Waals surface area contributed by atoms with Gasteiger partial charge in [0, 0.05) is 19.6 Å². The van der Waals surface area contributed by atoms with Gasteiger partial charge >= 0.3 is 12.0 Å². The Bertz CT molecular complexity index is 196. The molecule has 0 fully saturated rings. The molecule has 0 radical (unpaired) electrons. The Hall–Kier alpha value is -1.30. The third-order valence-corrected chi connectivity index (χ3v) is 1.65. The molecule has 14 heavy (non-hydrogen) atoms. The molecule has 2 amide bonds. The van der Waals surface area contributed by atoms with Crippen molar-refractivity contribution in [1.29, 1.82) is 0 Å². The molecule has 6 nitrogen and oxygen atoms in total. The molecule has 82 valence electrons. The van der Waals surface area contributed by atoms with Crippen molar-refractivity contribution in [3.8, 4) is 0 Å². The van der Waals surface area contributed by atoms with Gasteiger partial charge in [-0.05, 0) is 6.92 Å². The summed E-state index contributed by atoms with van der Waals surface area (Å²) in [4.78, 5) is 22.8. The van der Waals surface area contributed by atoms with E-state index in [0.717, 1.165) is 0 Å². The molecular formula is C8H16N2O4. The molecule has 0 aliphatic carbocycles. The van der Waals surface area contributed by atoms with Gasteiger partial charge in [-0.2, -0.15) is 0 Å². The van der Waals surface area contributed by atoms with Gasteiger partial charge in [-0.1, -0.05) is 0 Å². The number of carbonyl (C=O) groups excluding carboxylic acids is 1. The van der Waals surface area contributed by atoms with Crippen molar-refractivity contribution in [3.05, 3.63) is 0 Å². The molecule has 0 aliphatic rings. The van der Waals surface area contributed by atoms with Crippen LogP contribution >= 0.6 is 0 Å². The summed E-state index contributed by atoms with van der Waals surface area (Å²) in [5.74, 6) is -0.949. The molecule has 0 aromatic rings. The van der Waals surface area contributed by atoms with E-state index in [1.165, 1.54) is 4.90 Å². The molecule has 0 heterocycles. The zero-order valence-corrected chi connectivity index (χ0v) is 8.19. The first-order valence-corrected chi connectivity index (χ1v) is 4.47. The fourth-order valence-corrected chi connectivity index (χ4v) is 0.912. The molecule has 0 unspecified atom stereocenters. The molecule has 0 aliphatic heterocycles. The third kappa shape index (κ3) is 5.36. The van der Waals surface area contributed by atoms with Gasteiger partial charge in [0.15, 0.2) is 0 Å². The van der Waals surface area contributed by atoms with Crippen molar-refractivity contribution in [2.75, 3.05) is 26.2 Å². The van der Waals surface area contributed by atoms with Crippen LogP contribution < -0.4 is 5.32 Å². The van der Waals surface area contributed by atoms with Crippen LogP contribution in [0.1, 0.15) is 13.3 Å². The predicted molar refractivity (Wildman–Crippen MR) is 50.0 cm³/mol. The SMILES string of the molecule is CCN(CCO)C(=O)NCCC(=O)O. The molecule has 0 aromatic heterocycles. The van der Waals surface area contributed by atoms with E-state index in [-0.39, 0.29) is 32.1 Å². The smallest absolute Gasteiger partial charge is 0.317 e. The third-order valence-electron chi connectivity index (χ3n) is 1.65. The minimum atomic E-state index is -0.949. The number of amides is 2. The van der Waals surface area contributed by atoms with Crippen LogP contribution in [0.15, 0.2) is 0 Å². The second-order valence-corrected chi connectivity index (χ2v) is 2.68. The average Bonchev–Trinajstić information content (AvgIpc) is 2.13. The molecule has 0 aromatic carbocycles. The van der Waals surface area contributed by atoms with Gasteiger partial charge in [-0.3, -0.25) is 4.79 Å². The molecule has 0 atom stereocenters. The van der Waals surface area contributed by atoms with E-state index in [0.29, 0.717) is 6.54 Å². The van der Waals surface area contributed by atoms with Crippen LogP contribution in [0.2, 0.25) is 0 Å². The van der Waals surface area contributed by atoms with E-state index in [1.807, 2.05) is 0 Å². The van der Waals surface area contributed by atoms with Gasteiger partial charge in [-0.15, -0.1) is 0 Å². The van der Waals surface area contributed by atoms with Crippen molar-refractivity contribution in [1.82, 2.24) is 10.2 Å². The number of likely N-dealkylation sites (N-methyl/N-ethyl adjacent to an activating group) is 1. The first-order valence-electron chi connectivity index (χ1n) is 4.47. The Morgan fingerprint density at radius 2 is 2.07 bits per heavy atom. The van der Waals surface area contributed by atoms with Crippen molar-refractivity contribution in [2.45, 2.75) is 13.3 Å². The van der Waals surface area contributed by atoms with E-state index in [9.17, 15) is 9.59 Å². The first-order chi connectivity index (χ1) is 6.61. The summed E-state index contributed by atoms with van der Waals surface area (Å²) in [5, 5.41) is 19.4. The summed E-state index contributed by atoms with van der Waals surface area (Å²) in [6, 6.07) is -0.345. The van der Waals surface area contributed by atoms with E-state index in [1.54, 1.807) is 6.92 Å². The number of nitrogens with one attached hydrogen (secondary N) is 1. The summed E-state index contributed by atoms with van der Waals surface area (Å²) in [6.07, 6.45) is -0.0948. The lowest BCUT2D eigenvalue weighted by Gasteiger charge is -2.19. The van der Waals surface area contributed by atoms with Gasteiger partial charge in [0.2, 0.25) is 0 Å². The predicted octanol–water partition coefficient (Wildman–Crippen LogP) is -0.515. The number of urea groups is 1. The second kappa shape index (κ2) is 7.14. The average molecular weight is 204 g/mol. The van der Waals surface area contributed by atoms with Gasteiger partial charge < -0.3 is 20.4 Å². The molecule has 3 N–H and O–H groups in total. The quantitative estimate of drug-likeness (QED) is 0.543. The highest BCUT2D eigenvalue weighted by Crippen LogP contribution is 1.88. The summed E-state index contributed by atoms with van der Waals surface area (Å²) in [6.45, 7) is 2.54. The largest absolute Gasteiger partial charge is 0.481 e. The van der Waals surface area contributed by atoms with Gasteiger partial charge in [0.05, 0.1) is 13.0 Å². The van der Waals surface area contributed by atoms with Crippen LogP contribution in [0.5, 0.6) is 0 Å². The Morgan fingerprint density at radius 1 is 1.43 bits per heavy atom. The van der Waals surface area contributed by atoms with Crippen molar-refractivity contribution in [3.63, 3.8) is 0 Å². The van der Waals surface area contributed by atoms with E-state index < -0.39 is 5.97 Å². The molecule has 0 spiro atoms. The lowest BCUT2D eigenvalue weighted by Crippen LogP contribution is -2.42. The van der Waals surface area contributed by atoms with Crippen molar-refractivity contribution < 1.29 is 19.8 Å².